The third-order valence-electron chi connectivity index (χ3n) is 11.5. The van der Waals surface area contributed by atoms with Crippen LogP contribution in [0.1, 0.15) is 60.7 Å². The number of aromatic nitrogens is 5. The van der Waals surface area contributed by atoms with Gasteiger partial charge in [0.1, 0.15) is 28.6 Å². The summed E-state index contributed by atoms with van der Waals surface area (Å²) in [4.78, 5) is 51.7. The number of imide groups is 1. The molecule has 2 bridgehead atoms. The van der Waals surface area contributed by atoms with E-state index < -0.39 is 23.8 Å². The van der Waals surface area contributed by atoms with Crippen LogP contribution in [0.15, 0.2) is 61.1 Å². The predicted octanol–water partition coefficient (Wildman–Crippen LogP) is 5.50. The van der Waals surface area contributed by atoms with Gasteiger partial charge in [-0.25, -0.2) is 14.8 Å². The number of fused-ring (bicyclic) bond motifs is 4. The summed E-state index contributed by atoms with van der Waals surface area (Å²) in [6.07, 6.45) is 6.50. The van der Waals surface area contributed by atoms with Gasteiger partial charge >= 0.3 is 12.2 Å². The number of nitrogens with zero attached hydrogens (tertiary/aromatic N) is 8. The van der Waals surface area contributed by atoms with Gasteiger partial charge in [-0.05, 0) is 62.3 Å². The van der Waals surface area contributed by atoms with Gasteiger partial charge in [0.15, 0.2) is 0 Å². The summed E-state index contributed by atoms with van der Waals surface area (Å²) in [6.45, 7) is 3.38. The Morgan fingerprint density at radius 3 is 2.62 bits per heavy atom. The lowest BCUT2D eigenvalue weighted by molar-refractivity contribution is -0.141. The number of alkyl halides is 3. The Bertz CT molecular complexity index is 2320. The van der Waals surface area contributed by atoms with E-state index in [1.54, 1.807) is 23.2 Å². The van der Waals surface area contributed by atoms with Crippen LogP contribution in [0.25, 0.3) is 16.6 Å². The summed E-state index contributed by atoms with van der Waals surface area (Å²) in [6, 6.07) is 11.6. The molecule has 14 nitrogen and oxygen atoms in total. The second kappa shape index (κ2) is 13.5. The van der Waals surface area contributed by atoms with E-state index >= 15 is 0 Å². The molecule has 2 atom stereocenters. The van der Waals surface area contributed by atoms with Gasteiger partial charge in [0.2, 0.25) is 5.91 Å². The topological polar surface area (TPSA) is 142 Å². The number of methoxy groups -OCH3 is 1. The Labute approximate surface area is 313 Å². The van der Waals surface area contributed by atoms with Gasteiger partial charge in [-0.15, -0.1) is 0 Å². The lowest BCUT2D eigenvalue weighted by atomic mass is 9.85. The van der Waals surface area contributed by atoms with Crippen LogP contribution in [0.5, 0.6) is 5.75 Å². The van der Waals surface area contributed by atoms with Crippen molar-refractivity contribution in [3.05, 3.63) is 72.4 Å². The average molecular weight is 757 g/mol. The molecule has 4 aliphatic rings. The molecule has 0 spiro atoms. The third kappa shape index (κ3) is 6.59. The monoisotopic (exact) mass is 756 g/mol. The molecule has 5 aromatic rings. The minimum Gasteiger partial charge on any atom is -0.494 e. The molecule has 1 aliphatic carbocycles. The van der Waals surface area contributed by atoms with Crippen molar-refractivity contribution in [2.75, 3.05) is 48.4 Å². The van der Waals surface area contributed by atoms with Crippen LogP contribution < -0.4 is 25.2 Å². The summed E-state index contributed by atoms with van der Waals surface area (Å²) in [5, 5.41) is 10.7. The number of rotatable bonds is 8. The number of hydrogen-bond acceptors (Lipinski definition) is 9. The molecular weight excluding hydrogens is 717 g/mol. The largest absolute Gasteiger partial charge is 0.494 e. The highest BCUT2D eigenvalue weighted by Crippen LogP contribution is 2.39. The molecule has 1 saturated carbocycles. The molecule has 4 fully saturated rings. The van der Waals surface area contributed by atoms with Crippen LogP contribution in [-0.4, -0.2) is 92.3 Å². The Morgan fingerprint density at radius 2 is 1.87 bits per heavy atom. The first kappa shape index (κ1) is 35.0. The van der Waals surface area contributed by atoms with Gasteiger partial charge in [-0.2, -0.15) is 18.3 Å². The van der Waals surface area contributed by atoms with Gasteiger partial charge in [-0.1, -0.05) is 6.07 Å². The van der Waals surface area contributed by atoms with Crippen LogP contribution >= 0.6 is 0 Å². The second-order valence-corrected chi connectivity index (χ2v) is 14.9. The minimum atomic E-state index is -4.66. The van der Waals surface area contributed by atoms with Gasteiger partial charge in [0, 0.05) is 80.3 Å². The Morgan fingerprint density at radius 1 is 1.04 bits per heavy atom. The normalized spacial score (nSPS) is 23.2. The summed E-state index contributed by atoms with van der Waals surface area (Å²) in [7, 11) is 1.46. The molecule has 17 heteroatoms. The molecule has 2 N–H and O–H groups in total. The number of carbonyl (C=O) groups is 3. The maximum absolute atomic E-state index is 13.2. The Balaban J connectivity index is 0.800. The zero-order valence-electron chi connectivity index (χ0n) is 30.0. The van der Waals surface area contributed by atoms with Gasteiger partial charge in [0.25, 0.3) is 5.91 Å². The van der Waals surface area contributed by atoms with Crippen molar-refractivity contribution in [1.29, 1.82) is 0 Å². The molecule has 0 unspecified atom stereocenters. The zero-order valence-corrected chi connectivity index (χ0v) is 30.0. The van der Waals surface area contributed by atoms with Crippen molar-refractivity contribution in [3.8, 4) is 5.75 Å². The van der Waals surface area contributed by atoms with Crippen LogP contribution in [0.3, 0.4) is 0 Å². The molecule has 286 valence electrons. The SMILES string of the molecule is COc1cc2nn([C@H]3CC[C@H](CN4C[C@H]5C[C@@H]4CN5c4ccn5c(N6CCC(=O)NC6=O)cnc5c4)CC3)cc2cc1NC(=O)c1cccc(C(F)(F)F)n1. The smallest absolute Gasteiger partial charge is 0.433 e. The fourth-order valence-electron chi connectivity index (χ4n) is 8.76. The number of halogens is 3. The molecule has 3 aliphatic heterocycles. The van der Waals surface area contributed by atoms with E-state index in [0.29, 0.717) is 47.3 Å². The van der Waals surface area contributed by atoms with Crippen molar-refractivity contribution in [3.63, 3.8) is 0 Å². The van der Waals surface area contributed by atoms with Gasteiger partial charge in [-0.3, -0.25) is 33.8 Å². The standard InChI is InChI=1S/C38H39F3N10O4/c1-55-31-16-29-23(13-30(31)44-36(53)28-3-2-4-32(43-28)38(39,40)41)19-51(46-29)24-7-5-22(6-8-24)18-47-20-27-14-26(47)21-50(27)25-9-11-48-33(15-25)42-17-35(48)49-12-10-34(52)45-37(49)54/h2-4,9,11,13,15-17,19,22,24,26-27H,5-8,10,12,14,18,20-21H2,1H3,(H,44,53)(H,45,52,54)/t22-,24-,26-,27-/m1/s1. The van der Waals surface area contributed by atoms with Gasteiger partial charge in [0.05, 0.1) is 30.6 Å². The number of imidazole rings is 1. The maximum atomic E-state index is 13.2. The van der Waals surface area contributed by atoms with Crippen LogP contribution in [0, 0.1) is 5.92 Å². The lowest BCUT2D eigenvalue weighted by Crippen LogP contribution is -2.50. The first-order valence-electron chi connectivity index (χ1n) is 18.5. The van der Waals surface area contributed by atoms with Crippen molar-refractivity contribution in [2.24, 2.45) is 5.92 Å². The number of hydrogen-bond donors (Lipinski definition) is 2. The highest BCUT2D eigenvalue weighted by Gasteiger charge is 2.44. The number of anilines is 3. The summed E-state index contributed by atoms with van der Waals surface area (Å²) in [5.41, 5.74) is 1.42. The number of likely N-dealkylation sites (tertiary alicyclic amines) is 1. The number of piperazine rings is 1. The van der Waals surface area contributed by atoms with E-state index in [2.05, 4.69) is 42.5 Å². The van der Waals surface area contributed by atoms with Crippen molar-refractivity contribution in [1.82, 2.24) is 34.4 Å². The lowest BCUT2D eigenvalue weighted by Gasteiger charge is -2.38. The first-order chi connectivity index (χ1) is 26.5. The number of nitrogens with one attached hydrogen (secondary N) is 2. The highest BCUT2D eigenvalue weighted by molar-refractivity contribution is 6.06. The van der Waals surface area contributed by atoms with E-state index in [1.807, 2.05) is 21.5 Å². The number of ether oxygens (including phenoxy) is 1. The first-order valence-corrected chi connectivity index (χ1v) is 18.5. The number of benzene rings is 1. The molecule has 0 radical (unpaired) electrons. The van der Waals surface area contributed by atoms with Crippen LogP contribution in [0.2, 0.25) is 0 Å². The molecule has 55 heavy (non-hydrogen) atoms. The number of carbonyl (C=O) groups excluding carboxylic acids is 3. The number of amides is 4. The quantitative estimate of drug-likeness (QED) is 0.210. The van der Waals surface area contributed by atoms with Crippen LogP contribution in [-0.2, 0) is 11.0 Å². The van der Waals surface area contributed by atoms with Gasteiger partial charge < -0.3 is 15.0 Å². The fraction of sp³-hybridized carbons (Fsp3) is 0.421. The second-order valence-electron chi connectivity index (χ2n) is 14.9. The molecule has 4 aromatic heterocycles. The molecule has 1 aromatic carbocycles. The zero-order chi connectivity index (χ0) is 38.0. The summed E-state index contributed by atoms with van der Waals surface area (Å²) in [5.74, 6) is 0.550. The van der Waals surface area contributed by atoms with E-state index in [1.165, 1.54) is 13.2 Å². The van der Waals surface area contributed by atoms with E-state index in [4.69, 9.17) is 9.84 Å². The molecule has 9 rings (SSSR count). The number of pyridine rings is 2. The maximum Gasteiger partial charge on any atom is 0.433 e. The van der Waals surface area contributed by atoms with E-state index in [0.717, 1.165) is 80.6 Å². The van der Waals surface area contributed by atoms with E-state index in [9.17, 15) is 27.6 Å². The van der Waals surface area contributed by atoms with Crippen LogP contribution in [0.4, 0.5) is 35.2 Å². The summed E-state index contributed by atoms with van der Waals surface area (Å²) >= 11 is 0. The molecule has 3 saturated heterocycles. The Hall–Kier alpha value is -5.71. The minimum absolute atomic E-state index is 0.234. The highest BCUT2D eigenvalue weighted by atomic mass is 19.4. The third-order valence-corrected chi connectivity index (χ3v) is 11.5. The fourth-order valence-corrected chi connectivity index (χ4v) is 8.76. The van der Waals surface area contributed by atoms with Crippen molar-refractivity contribution >= 4 is 51.6 Å². The molecular formula is C38H39F3N10O4. The predicted molar refractivity (Wildman–Crippen MR) is 196 cm³/mol. The average Bonchev–Trinajstić information content (AvgIpc) is 3.98. The van der Waals surface area contributed by atoms with Crippen molar-refractivity contribution < 1.29 is 32.3 Å². The summed E-state index contributed by atoms with van der Waals surface area (Å²) < 4.78 is 48.9. The Kier molecular flexibility index (Phi) is 8.62. The number of urea groups is 1. The van der Waals surface area contributed by atoms with Crippen molar-refractivity contribution in [2.45, 2.75) is 62.8 Å². The van der Waals surface area contributed by atoms with E-state index in [-0.39, 0.29) is 24.1 Å². The molecule has 4 amide bonds. The molecule has 7 heterocycles.